The minimum absolute atomic E-state index is 0.0340. The Bertz CT molecular complexity index is 411. The molecule has 0 aromatic heterocycles. The third-order valence-electron chi connectivity index (χ3n) is 2.30. The van der Waals surface area contributed by atoms with Gasteiger partial charge in [0.1, 0.15) is 0 Å². The fourth-order valence-corrected chi connectivity index (χ4v) is 1.44. The molecule has 1 aromatic carbocycles. The van der Waals surface area contributed by atoms with Gasteiger partial charge in [-0.05, 0) is 31.0 Å². The summed E-state index contributed by atoms with van der Waals surface area (Å²) in [6.45, 7) is 3.28. The molecule has 1 rings (SSSR count). The standard InChI is InChI=1S/C12H13F3O2/c1-3-7-17-11(16)9-5-4-6-10(8(9)2)12(13,14)15/h4-6H,3,7H2,1-2H3. The number of halogens is 3. The monoisotopic (exact) mass is 246 g/mol. The molecule has 0 N–H and O–H groups in total. The van der Waals surface area contributed by atoms with Gasteiger partial charge < -0.3 is 4.74 Å². The third kappa shape index (κ3) is 3.22. The van der Waals surface area contributed by atoms with Crippen LogP contribution >= 0.6 is 0 Å². The smallest absolute Gasteiger partial charge is 0.416 e. The van der Waals surface area contributed by atoms with E-state index in [-0.39, 0.29) is 17.7 Å². The van der Waals surface area contributed by atoms with E-state index >= 15 is 0 Å². The topological polar surface area (TPSA) is 26.3 Å². The van der Waals surface area contributed by atoms with Gasteiger partial charge in [0.2, 0.25) is 0 Å². The van der Waals surface area contributed by atoms with Crippen molar-refractivity contribution in [2.24, 2.45) is 0 Å². The van der Waals surface area contributed by atoms with Crippen LogP contribution in [0.15, 0.2) is 18.2 Å². The van der Waals surface area contributed by atoms with E-state index < -0.39 is 17.7 Å². The first-order valence-electron chi connectivity index (χ1n) is 5.21. The van der Waals surface area contributed by atoms with Crippen molar-refractivity contribution >= 4 is 5.97 Å². The number of ether oxygens (including phenoxy) is 1. The first-order chi connectivity index (χ1) is 7.88. The SMILES string of the molecule is CCCOC(=O)c1cccc(C(F)(F)F)c1C. The van der Waals surface area contributed by atoms with Crippen LogP contribution in [0.1, 0.15) is 34.8 Å². The second-order valence-electron chi connectivity index (χ2n) is 3.61. The molecule has 0 aliphatic heterocycles. The highest BCUT2D eigenvalue weighted by atomic mass is 19.4. The van der Waals surface area contributed by atoms with Gasteiger partial charge in [-0.15, -0.1) is 0 Å². The molecular formula is C12H13F3O2. The molecule has 0 saturated carbocycles. The van der Waals surface area contributed by atoms with Crippen LogP contribution < -0.4 is 0 Å². The highest BCUT2D eigenvalue weighted by Crippen LogP contribution is 2.33. The lowest BCUT2D eigenvalue weighted by atomic mass is 10.0. The number of hydrogen-bond donors (Lipinski definition) is 0. The number of alkyl halides is 3. The highest BCUT2D eigenvalue weighted by molar-refractivity contribution is 5.91. The Kier molecular flexibility index (Phi) is 4.15. The van der Waals surface area contributed by atoms with Gasteiger partial charge in [-0.1, -0.05) is 13.0 Å². The zero-order valence-corrected chi connectivity index (χ0v) is 9.60. The zero-order valence-electron chi connectivity index (χ0n) is 9.60. The van der Waals surface area contributed by atoms with E-state index in [2.05, 4.69) is 0 Å². The van der Waals surface area contributed by atoms with Crippen LogP contribution in [-0.4, -0.2) is 12.6 Å². The zero-order chi connectivity index (χ0) is 13.1. The average Bonchev–Trinajstić information content (AvgIpc) is 2.24. The van der Waals surface area contributed by atoms with Crippen molar-refractivity contribution in [2.75, 3.05) is 6.61 Å². The molecule has 0 saturated heterocycles. The van der Waals surface area contributed by atoms with E-state index in [1.54, 1.807) is 0 Å². The summed E-state index contributed by atoms with van der Waals surface area (Å²) in [5.74, 6) is -0.713. The molecule has 17 heavy (non-hydrogen) atoms. The molecular weight excluding hydrogens is 233 g/mol. The van der Waals surface area contributed by atoms with Crippen LogP contribution in [0.25, 0.3) is 0 Å². The van der Waals surface area contributed by atoms with Gasteiger partial charge >= 0.3 is 12.1 Å². The summed E-state index contributed by atoms with van der Waals surface area (Å²) in [6, 6.07) is 3.49. The molecule has 0 atom stereocenters. The Morgan fingerprint density at radius 2 is 2.00 bits per heavy atom. The van der Waals surface area contributed by atoms with Crippen molar-refractivity contribution in [2.45, 2.75) is 26.4 Å². The minimum Gasteiger partial charge on any atom is -0.462 e. The van der Waals surface area contributed by atoms with E-state index in [0.29, 0.717) is 6.42 Å². The summed E-state index contributed by atoms with van der Waals surface area (Å²) >= 11 is 0. The van der Waals surface area contributed by atoms with Gasteiger partial charge in [-0.2, -0.15) is 13.2 Å². The summed E-state index contributed by atoms with van der Waals surface area (Å²) < 4.78 is 42.6. The van der Waals surface area contributed by atoms with Crippen molar-refractivity contribution < 1.29 is 22.7 Å². The van der Waals surface area contributed by atoms with Crippen molar-refractivity contribution in [1.82, 2.24) is 0 Å². The van der Waals surface area contributed by atoms with Crippen LogP contribution in [0.3, 0.4) is 0 Å². The summed E-state index contributed by atoms with van der Waals surface area (Å²) in [5, 5.41) is 0. The van der Waals surface area contributed by atoms with Crippen molar-refractivity contribution in [3.05, 3.63) is 34.9 Å². The quantitative estimate of drug-likeness (QED) is 0.762. The average molecular weight is 246 g/mol. The Morgan fingerprint density at radius 3 is 2.53 bits per heavy atom. The van der Waals surface area contributed by atoms with E-state index in [4.69, 9.17) is 4.74 Å². The predicted molar refractivity (Wildman–Crippen MR) is 56.8 cm³/mol. The van der Waals surface area contributed by atoms with Gasteiger partial charge in [0.25, 0.3) is 0 Å². The van der Waals surface area contributed by atoms with Crippen LogP contribution in [0.2, 0.25) is 0 Å². The predicted octanol–water partition coefficient (Wildman–Crippen LogP) is 3.58. The number of hydrogen-bond acceptors (Lipinski definition) is 2. The Morgan fingerprint density at radius 1 is 1.35 bits per heavy atom. The highest BCUT2D eigenvalue weighted by Gasteiger charge is 2.33. The lowest BCUT2D eigenvalue weighted by molar-refractivity contribution is -0.138. The Balaban J connectivity index is 3.06. The molecule has 0 unspecified atom stereocenters. The third-order valence-corrected chi connectivity index (χ3v) is 2.30. The molecule has 0 aliphatic carbocycles. The number of carbonyl (C=O) groups is 1. The second-order valence-corrected chi connectivity index (χ2v) is 3.61. The van der Waals surface area contributed by atoms with Crippen LogP contribution in [-0.2, 0) is 10.9 Å². The van der Waals surface area contributed by atoms with Crippen molar-refractivity contribution in [3.8, 4) is 0 Å². The summed E-state index contributed by atoms with van der Waals surface area (Å²) in [6.07, 6.45) is -3.82. The molecule has 2 nitrogen and oxygen atoms in total. The number of rotatable bonds is 3. The summed E-state index contributed by atoms with van der Waals surface area (Å²) in [4.78, 5) is 11.5. The van der Waals surface area contributed by atoms with E-state index in [9.17, 15) is 18.0 Å². The van der Waals surface area contributed by atoms with E-state index in [1.165, 1.54) is 19.1 Å². The van der Waals surface area contributed by atoms with E-state index in [1.807, 2.05) is 6.92 Å². The molecule has 0 aliphatic rings. The maximum Gasteiger partial charge on any atom is 0.416 e. The van der Waals surface area contributed by atoms with Gasteiger partial charge in [0.15, 0.2) is 0 Å². The van der Waals surface area contributed by atoms with Crippen molar-refractivity contribution in [1.29, 1.82) is 0 Å². The minimum atomic E-state index is -4.45. The molecule has 94 valence electrons. The van der Waals surface area contributed by atoms with Gasteiger partial charge in [-0.25, -0.2) is 4.79 Å². The van der Waals surface area contributed by atoms with Crippen LogP contribution in [0.5, 0.6) is 0 Å². The largest absolute Gasteiger partial charge is 0.462 e. The molecule has 0 radical (unpaired) electrons. The normalized spacial score (nSPS) is 11.4. The number of benzene rings is 1. The molecule has 0 heterocycles. The second kappa shape index (κ2) is 5.21. The molecule has 1 aromatic rings. The lowest BCUT2D eigenvalue weighted by Gasteiger charge is -2.13. The van der Waals surface area contributed by atoms with Gasteiger partial charge in [-0.3, -0.25) is 0 Å². The summed E-state index contributed by atoms with van der Waals surface area (Å²) in [5.41, 5.74) is -0.933. The van der Waals surface area contributed by atoms with Crippen LogP contribution in [0, 0.1) is 6.92 Å². The fourth-order valence-electron chi connectivity index (χ4n) is 1.44. The molecule has 0 spiro atoms. The molecule has 5 heteroatoms. The number of esters is 1. The van der Waals surface area contributed by atoms with Crippen molar-refractivity contribution in [3.63, 3.8) is 0 Å². The Labute approximate surface area is 97.4 Å². The molecule has 0 fully saturated rings. The van der Waals surface area contributed by atoms with Gasteiger partial charge in [0.05, 0.1) is 17.7 Å². The van der Waals surface area contributed by atoms with Gasteiger partial charge in [0, 0.05) is 0 Å². The lowest BCUT2D eigenvalue weighted by Crippen LogP contribution is -2.13. The maximum atomic E-state index is 12.6. The number of carbonyl (C=O) groups excluding carboxylic acids is 1. The molecule has 0 amide bonds. The summed E-state index contributed by atoms with van der Waals surface area (Å²) in [7, 11) is 0. The van der Waals surface area contributed by atoms with E-state index in [0.717, 1.165) is 6.07 Å². The Hall–Kier alpha value is -1.52. The maximum absolute atomic E-state index is 12.6. The first-order valence-corrected chi connectivity index (χ1v) is 5.21. The molecule has 0 bridgehead atoms. The first kappa shape index (κ1) is 13.5. The van der Waals surface area contributed by atoms with Crippen LogP contribution in [0.4, 0.5) is 13.2 Å². The fraction of sp³-hybridized carbons (Fsp3) is 0.417.